The van der Waals surface area contributed by atoms with Crippen LogP contribution >= 0.6 is 0 Å². The number of hydrogen-bond acceptors (Lipinski definition) is 7. The van der Waals surface area contributed by atoms with E-state index in [1.54, 1.807) is 12.3 Å². The lowest BCUT2D eigenvalue weighted by Gasteiger charge is -2.35. The van der Waals surface area contributed by atoms with Crippen molar-refractivity contribution in [2.45, 2.75) is 51.4 Å². The van der Waals surface area contributed by atoms with Gasteiger partial charge in [-0.2, -0.15) is 0 Å². The summed E-state index contributed by atoms with van der Waals surface area (Å²) in [4.78, 5) is 21.5. The summed E-state index contributed by atoms with van der Waals surface area (Å²) in [5.74, 6) is 2.96. The molecule has 2 aliphatic carbocycles. The summed E-state index contributed by atoms with van der Waals surface area (Å²) >= 11 is 0. The molecule has 1 aromatic heterocycles. The Hall–Kier alpha value is -3.36. The highest BCUT2D eigenvalue weighted by atomic mass is 16.4. The topological polar surface area (TPSA) is 112 Å². The SMILES string of the molecule is CC1=CN=C(Nc2ccc3c(c2)CN(CC2CC4CCC2C4)C3)NC1(N)c1ccc2oc(=O)[nH]c2c1. The van der Waals surface area contributed by atoms with E-state index < -0.39 is 11.4 Å². The maximum Gasteiger partial charge on any atom is 0.417 e. The first-order valence-electron chi connectivity index (χ1n) is 13.0. The van der Waals surface area contributed by atoms with E-state index in [0.717, 1.165) is 47.7 Å². The van der Waals surface area contributed by atoms with Gasteiger partial charge in [0.05, 0.1) is 5.52 Å². The van der Waals surface area contributed by atoms with Crippen LogP contribution in [0.3, 0.4) is 0 Å². The van der Waals surface area contributed by atoms with Crippen molar-refractivity contribution in [2.75, 3.05) is 11.9 Å². The van der Waals surface area contributed by atoms with Crippen LogP contribution in [-0.4, -0.2) is 22.4 Å². The molecule has 3 aromatic rings. The number of nitrogens with one attached hydrogen (secondary N) is 3. The normalized spacial score (nSPS) is 29.2. The van der Waals surface area contributed by atoms with Crippen LogP contribution in [0.5, 0.6) is 0 Å². The van der Waals surface area contributed by atoms with Crippen LogP contribution in [0, 0.1) is 17.8 Å². The molecule has 2 aliphatic heterocycles. The Bertz CT molecular complexity index is 1470. The number of anilines is 1. The standard InChI is InChI=1S/C28H32N6O2/c1-16-12-30-26(33-28(16,29)22-5-7-25-24(11-22)32-27(35)36-25)31-23-6-4-19-13-34(15-21(19)10-23)14-20-9-17-2-3-18(20)8-17/h4-7,10-12,17-18,20H,2-3,8-9,13-15,29H2,1H3,(H,32,35)(H2,30,31,33). The molecule has 0 radical (unpaired) electrons. The highest BCUT2D eigenvalue weighted by Gasteiger charge is 2.40. The van der Waals surface area contributed by atoms with Crippen LogP contribution in [0.1, 0.15) is 49.3 Å². The van der Waals surface area contributed by atoms with Crippen molar-refractivity contribution in [2.24, 2.45) is 28.5 Å². The van der Waals surface area contributed by atoms with Gasteiger partial charge in [-0.25, -0.2) is 9.79 Å². The molecule has 0 saturated heterocycles. The van der Waals surface area contributed by atoms with E-state index in [1.807, 2.05) is 19.1 Å². The number of guanidine groups is 1. The fourth-order valence-corrected chi connectivity index (χ4v) is 6.88. The molecule has 2 fully saturated rings. The molecule has 4 atom stereocenters. The van der Waals surface area contributed by atoms with Crippen LogP contribution in [0.25, 0.3) is 11.1 Å². The van der Waals surface area contributed by atoms with Crippen LogP contribution in [0.15, 0.2) is 62.4 Å². The Morgan fingerprint density at radius 2 is 2.06 bits per heavy atom. The molecule has 2 saturated carbocycles. The molecule has 8 heteroatoms. The first-order valence-corrected chi connectivity index (χ1v) is 13.0. The zero-order valence-electron chi connectivity index (χ0n) is 20.5. The lowest BCUT2D eigenvalue weighted by Crippen LogP contribution is -2.57. The van der Waals surface area contributed by atoms with Crippen LogP contribution in [-0.2, 0) is 18.8 Å². The summed E-state index contributed by atoms with van der Waals surface area (Å²) in [5.41, 5.74) is 12.5. The number of hydrogen-bond donors (Lipinski definition) is 4. The van der Waals surface area contributed by atoms with Gasteiger partial charge in [0, 0.05) is 31.5 Å². The van der Waals surface area contributed by atoms with Crippen molar-refractivity contribution < 1.29 is 4.42 Å². The highest BCUT2D eigenvalue weighted by Crippen LogP contribution is 2.49. The highest BCUT2D eigenvalue weighted by molar-refractivity contribution is 5.95. The number of rotatable bonds is 4. The van der Waals surface area contributed by atoms with E-state index >= 15 is 0 Å². The van der Waals surface area contributed by atoms with Gasteiger partial charge in [-0.1, -0.05) is 18.6 Å². The van der Waals surface area contributed by atoms with E-state index in [1.165, 1.54) is 43.4 Å². The fraction of sp³-hybridized carbons (Fsp3) is 0.429. The number of fused-ring (bicyclic) bond motifs is 4. The van der Waals surface area contributed by atoms with Crippen molar-refractivity contribution in [3.05, 3.63) is 75.4 Å². The zero-order valence-corrected chi connectivity index (χ0v) is 20.5. The van der Waals surface area contributed by atoms with E-state index in [0.29, 0.717) is 17.1 Å². The molecule has 186 valence electrons. The van der Waals surface area contributed by atoms with Gasteiger partial charge >= 0.3 is 5.76 Å². The van der Waals surface area contributed by atoms with E-state index in [4.69, 9.17) is 10.2 Å². The summed E-state index contributed by atoms with van der Waals surface area (Å²) in [6, 6.07) is 12.1. The van der Waals surface area contributed by atoms with Crippen LogP contribution in [0.2, 0.25) is 0 Å². The van der Waals surface area contributed by atoms with Gasteiger partial charge in [0.25, 0.3) is 0 Å². The second kappa shape index (κ2) is 8.08. The lowest BCUT2D eigenvalue weighted by molar-refractivity contribution is 0.191. The van der Waals surface area contributed by atoms with Crippen LogP contribution < -0.4 is 22.1 Å². The fourth-order valence-electron chi connectivity index (χ4n) is 6.88. The summed E-state index contributed by atoms with van der Waals surface area (Å²) in [7, 11) is 0. The molecule has 2 aromatic carbocycles. The largest absolute Gasteiger partial charge is 0.417 e. The number of aromatic amines is 1. The summed E-state index contributed by atoms with van der Waals surface area (Å²) in [6.45, 7) is 5.24. The van der Waals surface area contributed by atoms with Gasteiger partial charge in [-0.3, -0.25) is 9.88 Å². The van der Waals surface area contributed by atoms with Gasteiger partial charge in [0.15, 0.2) is 5.58 Å². The molecule has 4 aliphatic rings. The Morgan fingerprint density at radius 1 is 1.17 bits per heavy atom. The summed E-state index contributed by atoms with van der Waals surface area (Å²) in [5, 5.41) is 6.80. The third kappa shape index (κ3) is 3.67. The minimum Gasteiger partial charge on any atom is -0.408 e. The second-order valence-electron chi connectivity index (χ2n) is 11.2. The van der Waals surface area contributed by atoms with Gasteiger partial charge in [-0.05, 0) is 90.5 Å². The molecule has 0 spiro atoms. The van der Waals surface area contributed by atoms with Crippen molar-refractivity contribution in [1.29, 1.82) is 0 Å². The van der Waals surface area contributed by atoms with E-state index in [9.17, 15) is 4.79 Å². The molecular weight excluding hydrogens is 452 g/mol. The molecule has 2 bridgehead atoms. The average molecular weight is 485 g/mol. The van der Waals surface area contributed by atoms with Crippen molar-refractivity contribution in [3.8, 4) is 0 Å². The van der Waals surface area contributed by atoms with Gasteiger partial charge in [0.1, 0.15) is 5.66 Å². The minimum atomic E-state index is -0.972. The van der Waals surface area contributed by atoms with Gasteiger partial charge < -0.3 is 20.8 Å². The zero-order chi connectivity index (χ0) is 24.4. The van der Waals surface area contributed by atoms with Crippen molar-refractivity contribution in [3.63, 3.8) is 0 Å². The molecule has 3 heterocycles. The molecule has 8 nitrogen and oxygen atoms in total. The number of aliphatic imine (C=N–C) groups is 1. The first kappa shape index (κ1) is 21.9. The Kier molecular flexibility index (Phi) is 4.91. The average Bonchev–Trinajstić information content (AvgIpc) is 3.63. The molecule has 36 heavy (non-hydrogen) atoms. The monoisotopic (exact) mass is 484 g/mol. The van der Waals surface area contributed by atoms with Crippen molar-refractivity contribution >= 4 is 22.7 Å². The Balaban J connectivity index is 1.06. The van der Waals surface area contributed by atoms with Crippen molar-refractivity contribution in [1.82, 2.24) is 15.2 Å². The Morgan fingerprint density at radius 3 is 2.89 bits per heavy atom. The van der Waals surface area contributed by atoms with E-state index in [2.05, 4.69) is 43.7 Å². The molecule has 5 N–H and O–H groups in total. The first-order chi connectivity index (χ1) is 17.4. The number of nitrogens with two attached hydrogens (primary N) is 1. The van der Waals surface area contributed by atoms with E-state index in [-0.39, 0.29) is 0 Å². The quantitative estimate of drug-likeness (QED) is 0.446. The maximum atomic E-state index is 11.6. The third-order valence-corrected chi connectivity index (χ3v) is 8.83. The maximum absolute atomic E-state index is 11.6. The predicted octanol–water partition coefficient (Wildman–Crippen LogP) is 3.96. The number of oxazole rings is 1. The molecule has 0 amide bonds. The predicted molar refractivity (Wildman–Crippen MR) is 140 cm³/mol. The number of benzene rings is 2. The van der Waals surface area contributed by atoms with Crippen LogP contribution in [0.4, 0.5) is 5.69 Å². The number of aromatic nitrogens is 1. The summed E-state index contributed by atoms with van der Waals surface area (Å²) < 4.78 is 5.14. The smallest absolute Gasteiger partial charge is 0.408 e. The lowest BCUT2D eigenvalue weighted by atomic mass is 9.88. The van der Waals surface area contributed by atoms with Gasteiger partial charge in [0.2, 0.25) is 5.96 Å². The Labute approximate surface area is 209 Å². The second-order valence-corrected chi connectivity index (χ2v) is 11.2. The van der Waals surface area contributed by atoms with Gasteiger partial charge in [-0.15, -0.1) is 0 Å². The molecular formula is C28H32N6O2. The summed E-state index contributed by atoms with van der Waals surface area (Å²) in [6.07, 6.45) is 7.60. The number of nitrogens with zero attached hydrogens (tertiary/aromatic N) is 2. The molecule has 4 unspecified atom stereocenters. The third-order valence-electron chi connectivity index (χ3n) is 8.83. The number of H-pyrrole nitrogens is 1. The molecule has 7 rings (SSSR count). The minimum absolute atomic E-state index is 0.480.